The molecule has 7 nitrogen and oxygen atoms in total. The average molecular weight is 397 g/mol. The third-order valence-corrected chi connectivity index (χ3v) is 4.70. The van der Waals surface area contributed by atoms with Crippen LogP contribution in [-0.4, -0.2) is 53.7 Å². The molecule has 3 rings (SSSR count). The van der Waals surface area contributed by atoms with Crippen LogP contribution in [0.25, 0.3) is 5.76 Å². The first-order valence-electron chi connectivity index (χ1n) is 9.27. The Bertz CT molecular complexity index is 935. The van der Waals surface area contributed by atoms with Crippen molar-refractivity contribution in [1.29, 1.82) is 0 Å². The van der Waals surface area contributed by atoms with Crippen molar-refractivity contribution in [3.63, 3.8) is 0 Å². The van der Waals surface area contributed by atoms with Gasteiger partial charge in [-0.2, -0.15) is 0 Å². The SMILES string of the molecule is CCOc1ccc(C(O)=C2C(=O)C(=O)N(CCOC)[C@H]2c2cccc(O)c2)cc1. The van der Waals surface area contributed by atoms with Gasteiger partial charge in [0.2, 0.25) is 0 Å². The molecular weight excluding hydrogens is 374 g/mol. The van der Waals surface area contributed by atoms with Crippen molar-refractivity contribution < 1.29 is 29.3 Å². The molecule has 1 atom stereocenters. The zero-order chi connectivity index (χ0) is 21.0. The molecule has 1 fully saturated rings. The third kappa shape index (κ3) is 4.09. The molecule has 2 aromatic rings. The van der Waals surface area contributed by atoms with Crippen LogP contribution < -0.4 is 4.74 Å². The topological polar surface area (TPSA) is 96.3 Å². The molecule has 0 radical (unpaired) electrons. The average Bonchev–Trinajstić information content (AvgIpc) is 2.97. The van der Waals surface area contributed by atoms with E-state index in [1.165, 1.54) is 24.1 Å². The number of hydrogen-bond donors (Lipinski definition) is 2. The Morgan fingerprint density at radius 3 is 2.48 bits per heavy atom. The van der Waals surface area contributed by atoms with Gasteiger partial charge in [0.15, 0.2) is 0 Å². The molecule has 0 aliphatic carbocycles. The Kier molecular flexibility index (Phi) is 6.19. The number of amides is 1. The molecule has 1 aliphatic rings. The van der Waals surface area contributed by atoms with E-state index >= 15 is 0 Å². The first kappa shape index (κ1) is 20.4. The number of carbonyl (C=O) groups is 2. The number of phenolic OH excluding ortho intramolecular Hbond substituents is 1. The predicted molar refractivity (Wildman–Crippen MR) is 107 cm³/mol. The summed E-state index contributed by atoms with van der Waals surface area (Å²) in [6, 6.07) is 12.1. The number of ketones is 1. The van der Waals surface area contributed by atoms with Crippen molar-refractivity contribution in [3.05, 3.63) is 65.2 Å². The Morgan fingerprint density at radius 1 is 1.14 bits per heavy atom. The van der Waals surface area contributed by atoms with Gasteiger partial charge in [-0.3, -0.25) is 9.59 Å². The molecule has 29 heavy (non-hydrogen) atoms. The first-order chi connectivity index (χ1) is 14.0. The molecule has 2 N–H and O–H groups in total. The number of rotatable bonds is 7. The van der Waals surface area contributed by atoms with Crippen molar-refractivity contribution in [3.8, 4) is 11.5 Å². The van der Waals surface area contributed by atoms with Crippen LogP contribution in [0.2, 0.25) is 0 Å². The molecule has 0 unspecified atom stereocenters. The second-order valence-corrected chi connectivity index (χ2v) is 6.54. The minimum absolute atomic E-state index is 0.000830. The molecule has 2 aromatic carbocycles. The number of hydrogen-bond acceptors (Lipinski definition) is 6. The molecule has 1 aliphatic heterocycles. The van der Waals surface area contributed by atoms with Crippen LogP contribution in [0.1, 0.15) is 24.1 Å². The molecule has 1 amide bonds. The lowest BCUT2D eigenvalue weighted by molar-refractivity contribution is -0.140. The van der Waals surface area contributed by atoms with E-state index < -0.39 is 17.7 Å². The van der Waals surface area contributed by atoms with Crippen molar-refractivity contribution >= 4 is 17.4 Å². The third-order valence-electron chi connectivity index (χ3n) is 4.70. The number of aromatic hydroxyl groups is 1. The maximum absolute atomic E-state index is 12.8. The second kappa shape index (κ2) is 8.79. The van der Waals surface area contributed by atoms with E-state index in [1.54, 1.807) is 36.4 Å². The number of aliphatic hydroxyl groups excluding tert-OH is 1. The van der Waals surface area contributed by atoms with E-state index in [-0.39, 0.29) is 30.2 Å². The van der Waals surface area contributed by atoms with Crippen LogP contribution in [0.3, 0.4) is 0 Å². The van der Waals surface area contributed by atoms with Crippen molar-refractivity contribution in [2.75, 3.05) is 26.9 Å². The van der Waals surface area contributed by atoms with Gasteiger partial charge >= 0.3 is 0 Å². The molecule has 7 heteroatoms. The Hall–Kier alpha value is -3.32. The van der Waals surface area contributed by atoms with Crippen LogP contribution in [0.5, 0.6) is 11.5 Å². The first-order valence-corrected chi connectivity index (χ1v) is 9.27. The highest BCUT2D eigenvalue weighted by molar-refractivity contribution is 6.46. The lowest BCUT2D eigenvalue weighted by Crippen LogP contribution is -2.32. The van der Waals surface area contributed by atoms with Crippen LogP contribution in [0.4, 0.5) is 0 Å². The van der Waals surface area contributed by atoms with Gasteiger partial charge in [-0.15, -0.1) is 0 Å². The van der Waals surface area contributed by atoms with Crippen LogP contribution in [0, 0.1) is 0 Å². The fraction of sp³-hybridized carbons (Fsp3) is 0.273. The molecule has 0 aromatic heterocycles. The number of ether oxygens (including phenoxy) is 2. The van der Waals surface area contributed by atoms with E-state index in [0.717, 1.165) is 0 Å². The standard InChI is InChI=1S/C22H23NO6/c1-3-29-17-9-7-14(8-10-17)20(25)18-19(15-5-4-6-16(24)13-15)23(11-12-28-2)22(27)21(18)26/h4-10,13,19,24-25H,3,11-12H2,1-2H3/t19-/m0/s1. The zero-order valence-corrected chi connectivity index (χ0v) is 16.3. The van der Waals surface area contributed by atoms with Crippen LogP contribution >= 0.6 is 0 Å². The highest BCUT2D eigenvalue weighted by atomic mass is 16.5. The van der Waals surface area contributed by atoms with Crippen LogP contribution in [-0.2, 0) is 14.3 Å². The zero-order valence-electron chi connectivity index (χ0n) is 16.3. The molecule has 1 saturated heterocycles. The maximum Gasteiger partial charge on any atom is 0.295 e. The molecule has 0 spiro atoms. The van der Waals surface area contributed by atoms with E-state index in [1.807, 2.05) is 6.92 Å². The molecule has 0 saturated carbocycles. The fourth-order valence-electron chi connectivity index (χ4n) is 3.37. The maximum atomic E-state index is 12.8. The number of methoxy groups -OCH3 is 1. The van der Waals surface area contributed by atoms with E-state index in [0.29, 0.717) is 23.5 Å². The molecule has 152 valence electrons. The summed E-state index contributed by atoms with van der Waals surface area (Å²) >= 11 is 0. The van der Waals surface area contributed by atoms with E-state index in [4.69, 9.17) is 9.47 Å². The van der Waals surface area contributed by atoms with Gasteiger partial charge in [-0.05, 0) is 48.9 Å². The molecule has 0 bridgehead atoms. The Morgan fingerprint density at radius 2 is 1.86 bits per heavy atom. The van der Waals surface area contributed by atoms with Gasteiger partial charge in [-0.1, -0.05) is 12.1 Å². The summed E-state index contributed by atoms with van der Waals surface area (Å²) in [5.74, 6) is -1.14. The number of Topliss-reactive ketones (excluding diaryl/α,β-unsaturated/α-hetero) is 1. The minimum Gasteiger partial charge on any atom is -0.508 e. The lowest BCUT2D eigenvalue weighted by atomic mass is 9.95. The monoisotopic (exact) mass is 397 g/mol. The number of benzene rings is 2. The second-order valence-electron chi connectivity index (χ2n) is 6.54. The van der Waals surface area contributed by atoms with E-state index in [2.05, 4.69) is 0 Å². The Labute approximate surface area is 168 Å². The number of phenols is 1. The van der Waals surface area contributed by atoms with Gasteiger partial charge in [0.25, 0.3) is 11.7 Å². The normalized spacial score (nSPS) is 18.3. The van der Waals surface area contributed by atoms with Gasteiger partial charge < -0.3 is 24.6 Å². The van der Waals surface area contributed by atoms with Gasteiger partial charge in [0, 0.05) is 19.2 Å². The lowest BCUT2D eigenvalue weighted by Gasteiger charge is -2.25. The van der Waals surface area contributed by atoms with Crippen molar-refractivity contribution in [1.82, 2.24) is 4.90 Å². The summed E-state index contributed by atoms with van der Waals surface area (Å²) in [6.07, 6.45) is 0. The highest BCUT2D eigenvalue weighted by Gasteiger charge is 2.45. The predicted octanol–water partition coefficient (Wildman–Crippen LogP) is 2.86. The highest BCUT2D eigenvalue weighted by Crippen LogP contribution is 2.40. The van der Waals surface area contributed by atoms with Crippen molar-refractivity contribution in [2.24, 2.45) is 0 Å². The van der Waals surface area contributed by atoms with Crippen molar-refractivity contribution in [2.45, 2.75) is 13.0 Å². The summed E-state index contributed by atoms with van der Waals surface area (Å²) < 4.78 is 10.5. The number of nitrogens with zero attached hydrogens (tertiary/aromatic N) is 1. The largest absolute Gasteiger partial charge is 0.508 e. The smallest absolute Gasteiger partial charge is 0.295 e. The van der Waals surface area contributed by atoms with Crippen LogP contribution in [0.15, 0.2) is 54.1 Å². The summed E-state index contributed by atoms with van der Waals surface area (Å²) in [6.45, 7) is 2.77. The van der Waals surface area contributed by atoms with E-state index in [9.17, 15) is 19.8 Å². The number of aliphatic hydroxyl groups is 1. The summed E-state index contributed by atoms with van der Waals surface area (Å²) in [5, 5.41) is 20.8. The fourth-order valence-corrected chi connectivity index (χ4v) is 3.37. The minimum atomic E-state index is -0.830. The van der Waals surface area contributed by atoms with Gasteiger partial charge in [-0.25, -0.2) is 0 Å². The summed E-state index contributed by atoms with van der Waals surface area (Å²) in [7, 11) is 1.50. The molecule has 1 heterocycles. The summed E-state index contributed by atoms with van der Waals surface area (Å²) in [4.78, 5) is 26.8. The molecular formula is C22H23NO6. The van der Waals surface area contributed by atoms with Gasteiger partial charge in [0.05, 0.1) is 24.8 Å². The summed E-state index contributed by atoms with van der Waals surface area (Å²) in [5.41, 5.74) is 0.886. The Balaban J connectivity index is 2.10. The van der Waals surface area contributed by atoms with Gasteiger partial charge in [0.1, 0.15) is 17.3 Å². The quantitative estimate of drug-likeness (QED) is 0.424. The number of likely N-dealkylation sites (tertiary alicyclic amines) is 1. The number of carbonyl (C=O) groups excluding carboxylic acids is 2.